The van der Waals surface area contributed by atoms with Crippen molar-refractivity contribution in [3.05, 3.63) is 81.5 Å². The summed E-state index contributed by atoms with van der Waals surface area (Å²) >= 11 is 3.44. The van der Waals surface area contributed by atoms with Crippen LogP contribution in [0.25, 0.3) is 11.0 Å². The first kappa shape index (κ1) is 22.2. The topological polar surface area (TPSA) is 110 Å². The van der Waals surface area contributed by atoms with Crippen LogP contribution in [0.15, 0.2) is 69.2 Å². The molecule has 0 saturated heterocycles. The summed E-state index contributed by atoms with van der Waals surface area (Å²) < 4.78 is 11.5. The lowest BCUT2D eigenvalue weighted by Crippen LogP contribution is -2.48. The van der Waals surface area contributed by atoms with Crippen molar-refractivity contribution in [3.63, 3.8) is 0 Å². The van der Waals surface area contributed by atoms with Crippen LogP contribution in [0.2, 0.25) is 0 Å². The van der Waals surface area contributed by atoms with Crippen molar-refractivity contribution in [3.8, 4) is 11.8 Å². The number of ether oxygens (including phenoxy) is 1. The second kappa shape index (κ2) is 8.65. The number of hydrogen-bond acceptors (Lipinski definition) is 6. The van der Waals surface area contributed by atoms with Gasteiger partial charge in [0.15, 0.2) is 11.2 Å². The molecule has 2 aliphatic rings. The molecule has 0 fully saturated rings. The monoisotopic (exact) mass is 519 g/mol. The third-order valence-corrected chi connectivity index (χ3v) is 7.08. The molecule has 2 aromatic carbocycles. The summed E-state index contributed by atoms with van der Waals surface area (Å²) in [5, 5.41) is 11.6. The van der Waals surface area contributed by atoms with Crippen LogP contribution >= 0.6 is 15.9 Å². The minimum Gasteiger partial charge on any atom is -0.439 e. The molecule has 0 aliphatic carbocycles. The highest BCUT2D eigenvalue weighted by atomic mass is 79.9. The molecular weight excluding hydrogens is 498 g/mol. The number of benzene rings is 2. The number of para-hydroxylation sites is 2. The number of carbonyl (C=O) groups excluding carboxylic acids is 1. The van der Waals surface area contributed by atoms with Gasteiger partial charge in [0.25, 0.3) is 0 Å². The predicted octanol–water partition coefficient (Wildman–Crippen LogP) is 4.47. The maximum Gasteiger partial charge on any atom is 0.345 e. The Bertz CT molecular complexity index is 1440. The fourth-order valence-electron chi connectivity index (χ4n) is 5.04. The van der Waals surface area contributed by atoms with E-state index < -0.39 is 11.0 Å². The number of amides is 1. The molecule has 34 heavy (non-hydrogen) atoms. The highest BCUT2D eigenvalue weighted by Crippen LogP contribution is 2.55. The Morgan fingerprint density at radius 3 is 2.56 bits per heavy atom. The lowest BCUT2D eigenvalue weighted by molar-refractivity contribution is -0.121. The quantitative estimate of drug-likeness (QED) is 0.292. The van der Waals surface area contributed by atoms with E-state index in [9.17, 15) is 14.9 Å². The molecule has 0 radical (unpaired) electrons. The molecule has 2 N–H and O–H groups in total. The highest BCUT2D eigenvalue weighted by Gasteiger charge is 2.61. The summed E-state index contributed by atoms with van der Waals surface area (Å²) in [4.78, 5) is 29.3. The number of anilines is 1. The van der Waals surface area contributed by atoms with Gasteiger partial charge in [-0.3, -0.25) is 4.79 Å². The van der Waals surface area contributed by atoms with Crippen molar-refractivity contribution >= 4 is 38.5 Å². The Kier molecular flexibility index (Phi) is 5.66. The van der Waals surface area contributed by atoms with Crippen LogP contribution in [0.5, 0.6) is 5.75 Å². The molecule has 172 valence electrons. The van der Waals surface area contributed by atoms with Crippen LogP contribution in [0.1, 0.15) is 36.8 Å². The Balaban J connectivity index is 1.75. The minimum absolute atomic E-state index is 0.00353. The summed E-state index contributed by atoms with van der Waals surface area (Å²) in [6.45, 7) is 0.466. The first-order chi connectivity index (χ1) is 16.6. The third kappa shape index (κ3) is 3.07. The molecule has 1 amide bonds. The summed E-state index contributed by atoms with van der Waals surface area (Å²) in [7, 11) is 0. The zero-order valence-corrected chi connectivity index (χ0v) is 19.9. The van der Waals surface area contributed by atoms with Gasteiger partial charge in [-0.1, -0.05) is 59.1 Å². The zero-order valence-electron chi connectivity index (χ0n) is 18.3. The highest BCUT2D eigenvalue weighted by molar-refractivity contribution is 9.09. The predicted molar refractivity (Wildman–Crippen MR) is 132 cm³/mol. The maximum absolute atomic E-state index is 14.3. The Hall–Kier alpha value is -3.57. The van der Waals surface area contributed by atoms with E-state index >= 15 is 0 Å². The van der Waals surface area contributed by atoms with E-state index in [1.807, 2.05) is 12.1 Å². The van der Waals surface area contributed by atoms with Gasteiger partial charge in [-0.05, 0) is 31.0 Å². The molecular formula is C26H22BrN3O4. The number of rotatable bonds is 6. The molecule has 5 rings (SSSR count). The second-order valence-corrected chi connectivity index (χ2v) is 9.16. The van der Waals surface area contributed by atoms with Gasteiger partial charge in [-0.15, -0.1) is 0 Å². The molecule has 1 unspecified atom stereocenters. The SMILES string of the molecule is N#CC1=C(N)Oc2c(c(=O)oc3ccccc23)C12C(=O)N(CCCCCCBr)c1ccccc12. The first-order valence-electron chi connectivity index (χ1n) is 11.2. The summed E-state index contributed by atoms with van der Waals surface area (Å²) in [5.74, 6) is -0.417. The number of hydrogen-bond donors (Lipinski definition) is 1. The van der Waals surface area contributed by atoms with Crippen LogP contribution in [0.3, 0.4) is 0 Å². The van der Waals surface area contributed by atoms with Gasteiger partial charge in [-0.25, -0.2) is 4.79 Å². The molecule has 3 heterocycles. The van der Waals surface area contributed by atoms with E-state index in [2.05, 4.69) is 22.0 Å². The van der Waals surface area contributed by atoms with E-state index in [1.54, 1.807) is 41.3 Å². The van der Waals surface area contributed by atoms with E-state index in [-0.39, 0.29) is 28.7 Å². The lowest BCUT2D eigenvalue weighted by atomic mass is 9.69. The molecule has 8 heteroatoms. The minimum atomic E-state index is -1.72. The normalized spacial score (nSPS) is 18.7. The fraction of sp³-hybridized carbons (Fsp3) is 0.269. The Morgan fingerprint density at radius 1 is 1.03 bits per heavy atom. The Labute approximate surface area is 204 Å². The number of nitrogens with two attached hydrogens (primary N) is 1. The van der Waals surface area contributed by atoms with Crippen molar-refractivity contribution < 1.29 is 13.9 Å². The van der Waals surface area contributed by atoms with Gasteiger partial charge in [0, 0.05) is 23.1 Å². The number of fused-ring (bicyclic) bond motifs is 6. The van der Waals surface area contributed by atoms with Crippen molar-refractivity contribution in [1.29, 1.82) is 5.26 Å². The number of nitriles is 1. The number of nitrogens with zero attached hydrogens (tertiary/aromatic N) is 2. The molecule has 0 saturated carbocycles. The molecule has 0 bridgehead atoms. The Morgan fingerprint density at radius 2 is 1.76 bits per heavy atom. The van der Waals surface area contributed by atoms with E-state index in [4.69, 9.17) is 14.9 Å². The fourth-order valence-corrected chi connectivity index (χ4v) is 5.43. The van der Waals surface area contributed by atoms with Gasteiger partial charge in [0.2, 0.25) is 11.8 Å². The van der Waals surface area contributed by atoms with Gasteiger partial charge >= 0.3 is 5.63 Å². The lowest BCUT2D eigenvalue weighted by Gasteiger charge is -2.33. The second-order valence-electron chi connectivity index (χ2n) is 8.37. The summed E-state index contributed by atoms with van der Waals surface area (Å²) in [5.41, 5.74) is 5.22. The largest absolute Gasteiger partial charge is 0.439 e. The number of alkyl halides is 1. The van der Waals surface area contributed by atoms with Gasteiger partial charge in [0.05, 0.1) is 5.39 Å². The average Bonchev–Trinajstić information content (AvgIpc) is 3.07. The van der Waals surface area contributed by atoms with Crippen LogP contribution in [0, 0.1) is 11.3 Å². The van der Waals surface area contributed by atoms with E-state index in [0.717, 1.165) is 31.0 Å². The van der Waals surface area contributed by atoms with Crippen LogP contribution in [-0.2, 0) is 10.2 Å². The molecule has 1 spiro atoms. The number of carbonyl (C=O) groups is 1. The van der Waals surface area contributed by atoms with E-state index in [0.29, 0.717) is 28.8 Å². The molecule has 1 aromatic heterocycles. The molecule has 1 atom stereocenters. The summed E-state index contributed by atoms with van der Waals surface area (Å²) in [6, 6.07) is 16.2. The molecule has 2 aliphatic heterocycles. The number of halogens is 1. The van der Waals surface area contributed by atoms with Crippen molar-refractivity contribution in [1.82, 2.24) is 0 Å². The van der Waals surface area contributed by atoms with Gasteiger partial charge < -0.3 is 19.8 Å². The van der Waals surface area contributed by atoms with Crippen LogP contribution < -0.4 is 21.0 Å². The van der Waals surface area contributed by atoms with Gasteiger partial charge in [0.1, 0.15) is 22.8 Å². The van der Waals surface area contributed by atoms with Gasteiger partial charge in [-0.2, -0.15) is 5.26 Å². The van der Waals surface area contributed by atoms with Crippen molar-refractivity contribution in [2.45, 2.75) is 31.1 Å². The molecule has 7 nitrogen and oxygen atoms in total. The van der Waals surface area contributed by atoms with Crippen molar-refractivity contribution in [2.75, 3.05) is 16.8 Å². The summed E-state index contributed by atoms with van der Waals surface area (Å²) in [6.07, 6.45) is 3.85. The van der Waals surface area contributed by atoms with E-state index in [1.165, 1.54) is 0 Å². The maximum atomic E-state index is 14.3. The smallest absolute Gasteiger partial charge is 0.345 e. The van der Waals surface area contributed by atoms with Crippen molar-refractivity contribution in [2.24, 2.45) is 5.73 Å². The third-order valence-electron chi connectivity index (χ3n) is 6.52. The van der Waals surface area contributed by atoms with Crippen LogP contribution in [0.4, 0.5) is 5.69 Å². The average molecular weight is 520 g/mol. The standard InChI is InChI=1S/C26H22BrN3O4/c27-13-7-1-2-8-14-30-19-11-5-4-10-17(19)26(25(30)32)18(15-28)23(29)34-22-16-9-3-6-12-20(16)33-24(31)21(22)26/h3-6,9-12H,1-2,7-8,13-14,29H2. The van der Waals surface area contributed by atoms with Crippen LogP contribution in [-0.4, -0.2) is 17.8 Å². The molecule has 3 aromatic rings. The zero-order chi connectivity index (χ0) is 23.9. The number of unbranched alkanes of at least 4 members (excludes halogenated alkanes) is 3. The first-order valence-corrected chi connectivity index (χ1v) is 12.3.